The van der Waals surface area contributed by atoms with Gasteiger partial charge in [-0.25, -0.2) is 19.3 Å². The maximum atomic E-state index is 13.4. The lowest BCUT2D eigenvalue weighted by Gasteiger charge is -2.17. The quantitative estimate of drug-likeness (QED) is 0.402. The highest BCUT2D eigenvalue weighted by molar-refractivity contribution is 5.84. The Morgan fingerprint density at radius 1 is 1.08 bits per heavy atom. The van der Waals surface area contributed by atoms with Crippen LogP contribution in [0.3, 0.4) is 0 Å². The molecule has 0 fully saturated rings. The number of para-hydroxylation sites is 1. The van der Waals surface area contributed by atoms with E-state index < -0.39 is 30.4 Å². The number of nitrogens with zero attached hydrogens (tertiary/aromatic N) is 5. The predicted molar refractivity (Wildman–Crippen MR) is 128 cm³/mol. The third kappa shape index (κ3) is 4.02. The van der Waals surface area contributed by atoms with Crippen LogP contribution < -0.4 is 11.0 Å². The molecule has 0 radical (unpaired) electrons. The van der Waals surface area contributed by atoms with E-state index in [0.29, 0.717) is 16.9 Å². The maximum absolute atomic E-state index is 13.4. The van der Waals surface area contributed by atoms with Gasteiger partial charge in [-0.3, -0.25) is 9.36 Å². The van der Waals surface area contributed by atoms with Crippen LogP contribution in [0.4, 0.5) is 13.2 Å². The van der Waals surface area contributed by atoms with E-state index in [1.54, 1.807) is 36.9 Å². The first kappa shape index (κ1) is 23.3. The number of carbonyl (C=O) groups excluding carboxylic acids is 1. The van der Waals surface area contributed by atoms with E-state index in [1.807, 2.05) is 47.1 Å². The van der Waals surface area contributed by atoms with Crippen molar-refractivity contribution in [3.05, 3.63) is 83.4 Å². The second-order valence-corrected chi connectivity index (χ2v) is 8.49. The summed E-state index contributed by atoms with van der Waals surface area (Å²) in [6.07, 6.45) is 2.39. The average molecular weight is 494 g/mol. The fourth-order valence-corrected chi connectivity index (χ4v) is 4.22. The first-order chi connectivity index (χ1) is 17.1. The van der Waals surface area contributed by atoms with Gasteiger partial charge in [-0.2, -0.15) is 13.2 Å². The molecule has 1 aromatic carbocycles. The van der Waals surface area contributed by atoms with E-state index in [0.717, 1.165) is 33.7 Å². The van der Waals surface area contributed by atoms with Crippen molar-refractivity contribution in [3.63, 3.8) is 0 Å². The number of hydrogen-bond donors (Lipinski definition) is 1. The summed E-state index contributed by atoms with van der Waals surface area (Å²) < 4.78 is 43.1. The first-order valence-corrected chi connectivity index (χ1v) is 11.1. The molecule has 0 aliphatic heterocycles. The van der Waals surface area contributed by atoms with Crippen molar-refractivity contribution in [2.24, 2.45) is 0 Å². The van der Waals surface area contributed by atoms with Gasteiger partial charge in [-0.05, 0) is 43.7 Å². The predicted octanol–water partition coefficient (Wildman–Crippen LogP) is 3.88. The highest BCUT2D eigenvalue weighted by atomic mass is 19.4. The number of fused-ring (bicyclic) bond motifs is 2. The summed E-state index contributed by atoms with van der Waals surface area (Å²) in [4.78, 5) is 34.5. The average Bonchev–Trinajstić information content (AvgIpc) is 3.42. The smallest absolute Gasteiger partial charge is 0.343 e. The molecule has 4 heterocycles. The van der Waals surface area contributed by atoms with E-state index in [2.05, 4.69) is 9.97 Å². The molecule has 8 nitrogen and oxygen atoms in total. The molecule has 0 aliphatic carbocycles. The number of carbonyl (C=O) groups is 1. The van der Waals surface area contributed by atoms with Crippen LogP contribution >= 0.6 is 0 Å². The summed E-state index contributed by atoms with van der Waals surface area (Å²) in [6, 6.07) is 10.5. The van der Waals surface area contributed by atoms with Crippen LogP contribution in [0.15, 0.2) is 72.2 Å². The second kappa shape index (κ2) is 8.67. The second-order valence-electron chi connectivity index (χ2n) is 8.49. The Morgan fingerprint density at radius 2 is 1.89 bits per heavy atom. The summed E-state index contributed by atoms with van der Waals surface area (Å²) in [5, 5.41) is 1.91. The molecule has 11 heteroatoms. The van der Waals surface area contributed by atoms with Gasteiger partial charge in [0.15, 0.2) is 0 Å². The van der Waals surface area contributed by atoms with E-state index in [9.17, 15) is 22.8 Å². The van der Waals surface area contributed by atoms with Crippen LogP contribution in [-0.2, 0) is 11.3 Å². The highest BCUT2D eigenvalue weighted by Crippen LogP contribution is 2.26. The number of aryl methyl sites for hydroxylation is 1. The Balaban J connectivity index is 1.55. The van der Waals surface area contributed by atoms with Gasteiger partial charge in [0, 0.05) is 23.5 Å². The first-order valence-electron chi connectivity index (χ1n) is 11.1. The van der Waals surface area contributed by atoms with Gasteiger partial charge in [-0.15, -0.1) is 0 Å². The van der Waals surface area contributed by atoms with Crippen LogP contribution in [0.1, 0.15) is 12.5 Å². The lowest BCUT2D eigenvalue weighted by molar-refractivity contribution is -0.158. The third-order valence-electron chi connectivity index (χ3n) is 6.06. The van der Waals surface area contributed by atoms with Crippen molar-refractivity contribution in [1.82, 2.24) is 28.8 Å². The molecule has 1 amide bonds. The van der Waals surface area contributed by atoms with Crippen LogP contribution in [0.25, 0.3) is 33.5 Å². The number of alkyl halides is 3. The van der Waals surface area contributed by atoms with Crippen LogP contribution in [0, 0.1) is 6.92 Å². The molecule has 0 aliphatic rings. The minimum absolute atomic E-state index is 0.325. The molecule has 5 aromatic rings. The topological polar surface area (TPSA) is 86.2 Å². The zero-order chi connectivity index (χ0) is 25.6. The SMILES string of the molecule is Cc1cccc2c1n(-c1ccc(-c3cccn4cncc34)cn1)c(=O)n2CC(=O)N[C@@H](C)C(F)(F)F. The van der Waals surface area contributed by atoms with Crippen LogP contribution in [-0.4, -0.2) is 41.6 Å². The van der Waals surface area contributed by atoms with Crippen molar-refractivity contribution in [2.75, 3.05) is 0 Å². The number of rotatable bonds is 5. The summed E-state index contributed by atoms with van der Waals surface area (Å²) in [7, 11) is 0. The van der Waals surface area contributed by atoms with Gasteiger partial charge in [-0.1, -0.05) is 18.2 Å². The van der Waals surface area contributed by atoms with E-state index >= 15 is 0 Å². The van der Waals surface area contributed by atoms with E-state index in [4.69, 9.17) is 0 Å². The van der Waals surface area contributed by atoms with Crippen molar-refractivity contribution in [2.45, 2.75) is 32.6 Å². The fourth-order valence-electron chi connectivity index (χ4n) is 4.22. The summed E-state index contributed by atoms with van der Waals surface area (Å²) >= 11 is 0. The standard InChI is InChI=1S/C25H21F3N6O2/c1-15-5-3-7-19-23(15)34(24(36)33(19)13-22(35)31-16(2)25(26,27)28)21-9-8-17(11-30-21)18-6-4-10-32-14-29-12-20(18)32/h3-12,14,16H,13H2,1-2H3,(H,31,35)/t16-/m0/s1. The molecule has 36 heavy (non-hydrogen) atoms. The number of benzene rings is 1. The highest BCUT2D eigenvalue weighted by Gasteiger charge is 2.37. The molecule has 4 aromatic heterocycles. The minimum Gasteiger partial charge on any atom is -0.343 e. The summed E-state index contributed by atoms with van der Waals surface area (Å²) in [5.41, 5.74) is 3.75. The Kier molecular flexibility index (Phi) is 5.62. The number of nitrogens with one attached hydrogen (secondary N) is 1. The van der Waals surface area contributed by atoms with E-state index in [-0.39, 0.29) is 0 Å². The number of imidazole rings is 2. The van der Waals surface area contributed by atoms with Crippen LogP contribution in [0.5, 0.6) is 0 Å². The molecule has 0 unspecified atom stereocenters. The Morgan fingerprint density at radius 3 is 2.61 bits per heavy atom. The Hall–Kier alpha value is -4.41. The summed E-state index contributed by atoms with van der Waals surface area (Å²) in [5.74, 6) is -0.592. The van der Waals surface area contributed by atoms with Gasteiger partial charge in [0.1, 0.15) is 18.4 Å². The molecule has 0 bridgehead atoms. The van der Waals surface area contributed by atoms with Crippen molar-refractivity contribution in [1.29, 1.82) is 0 Å². The molecule has 1 N–H and O–H groups in total. The van der Waals surface area contributed by atoms with E-state index in [1.165, 1.54) is 4.57 Å². The van der Waals surface area contributed by atoms with Gasteiger partial charge in [0.25, 0.3) is 0 Å². The number of amides is 1. The molecular formula is C25H21F3N6O2. The minimum atomic E-state index is -4.59. The van der Waals surface area contributed by atoms with Gasteiger partial charge in [0.05, 0.1) is 29.1 Å². The largest absolute Gasteiger partial charge is 0.408 e. The molecule has 0 saturated heterocycles. The molecule has 0 saturated carbocycles. The lowest BCUT2D eigenvalue weighted by atomic mass is 10.1. The number of hydrogen-bond acceptors (Lipinski definition) is 4. The zero-order valence-electron chi connectivity index (χ0n) is 19.3. The molecular weight excluding hydrogens is 473 g/mol. The third-order valence-corrected chi connectivity index (χ3v) is 6.06. The monoisotopic (exact) mass is 494 g/mol. The maximum Gasteiger partial charge on any atom is 0.408 e. The van der Waals surface area contributed by atoms with Gasteiger partial charge < -0.3 is 9.72 Å². The van der Waals surface area contributed by atoms with Gasteiger partial charge in [0.2, 0.25) is 5.91 Å². The molecule has 5 rings (SSSR count). The molecule has 184 valence electrons. The molecule has 1 atom stereocenters. The Labute approximate surface area is 202 Å². The number of aromatic nitrogens is 5. The van der Waals surface area contributed by atoms with Crippen molar-refractivity contribution < 1.29 is 18.0 Å². The van der Waals surface area contributed by atoms with Crippen LogP contribution in [0.2, 0.25) is 0 Å². The molecule has 0 spiro atoms. The lowest BCUT2D eigenvalue weighted by Crippen LogP contribution is -2.45. The fraction of sp³-hybridized carbons (Fsp3) is 0.200. The zero-order valence-corrected chi connectivity index (χ0v) is 19.3. The number of pyridine rings is 2. The number of halogens is 3. The Bertz CT molecular complexity index is 1650. The normalized spacial score (nSPS) is 12.8. The van der Waals surface area contributed by atoms with Crippen molar-refractivity contribution in [3.8, 4) is 16.9 Å². The van der Waals surface area contributed by atoms with Gasteiger partial charge >= 0.3 is 11.9 Å². The van der Waals surface area contributed by atoms with Crippen molar-refractivity contribution >= 4 is 22.5 Å². The summed E-state index contributed by atoms with van der Waals surface area (Å²) in [6.45, 7) is 2.10.